The van der Waals surface area contributed by atoms with Gasteiger partial charge in [0.15, 0.2) is 5.78 Å². The second kappa shape index (κ2) is 4.93. The summed E-state index contributed by atoms with van der Waals surface area (Å²) >= 11 is 0. The number of ketones is 1. The van der Waals surface area contributed by atoms with Crippen LogP contribution in [-0.4, -0.2) is 37.1 Å². The maximum absolute atomic E-state index is 11.5. The Balaban J connectivity index is 2.41. The fourth-order valence-electron chi connectivity index (χ4n) is 1.80. The van der Waals surface area contributed by atoms with Gasteiger partial charge in [-0.25, -0.2) is 4.98 Å². The molecule has 2 heterocycles. The molecule has 0 bridgehead atoms. The van der Waals surface area contributed by atoms with E-state index in [2.05, 4.69) is 4.98 Å². The number of nitrogens with zero attached hydrogens (tertiary/aromatic N) is 3. The number of aromatic nitrogens is 1. The van der Waals surface area contributed by atoms with Crippen molar-refractivity contribution in [2.75, 3.05) is 31.2 Å². The highest BCUT2D eigenvalue weighted by molar-refractivity contribution is 5.98. The van der Waals surface area contributed by atoms with Crippen molar-refractivity contribution < 1.29 is 9.53 Å². The molecule has 1 aromatic rings. The van der Waals surface area contributed by atoms with Crippen molar-refractivity contribution in [2.24, 2.45) is 0 Å². The molecule has 0 spiro atoms. The molecule has 0 amide bonds. The van der Waals surface area contributed by atoms with Crippen molar-refractivity contribution >= 4 is 11.6 Å². The summed E-state index contributed by atoms with van der Waals surface area (Å²) in [5, 5.41) is 8.85. The average molecular weight is 231 g/mol. The summed E-state index contributed by atoms with van der Waals surface area (Å²) in [4.78, 5) is 17.7. The number of carbonyl (C=O) groups is 1. The van der Waals surface area contributed by atoms with Gasteiger partial charge in [0.2, 0.25) is 0 Å². The Morgan fingerprint density at radius 3 is 2.76 bits per heavy atom. The number of anilines is 1. The van der Waals surface area contributed by atoms with Crippen LogP contribution in [-0.2, 0) is 4.74 Å². The van der Waals surface area contributed by atoms with Crippen LogP contribution in [0.1, 0.15) is 23.0 Å². The largest absolute Gasteiger partial charge is 0.378 e. The van der Waals surface area contributed by atoms with Gasteiger partial charge < -0.3 is 9.64 Å². The van der Waals surface area contributed by atoms with Gasteiger partial charge in [-0.2, -0.15) is 5.26 Å². The predicted molar refractivity (Wildman–Crippen MR) is 62.0 cm³/mol. The van der Waals surface area contributed by atoms with Crippen molar-refractivity contribution in [3.63, 3.8) is 0 Å². The first kappa shape index (κ1) is 11.6. The molecule has 0 atom stereocenters. The molecule has 5 heteroatoms. The van der Waals surface area contributed by atoms with Gasteiger partial charge in [0, 0.05) is 13.1 Å². The zero-order chi connectivity index (χ0) is 12.3. The van der Waals surface area contributed by atoms with E-state index >= 15 is 0 Å². The number of pyridine rings is 1. The van der Waals surface area contributed by atoms with Gasteiger partial charge in [-0.3, -0.25) is 4.79 Å². The summed E-state index contributed by atoms with van der Waals surface area (Å²) in [5.41, 5.74) is 0.891. The van der Waals surface area contributed by atoms with Crippen molar-refractivity contribution in [1.82, 2.24) is 4.98 Å². The highest BCUT2D eigenvalue weighted by Gasteiger charge is 2.18. The topological polar surface area (TPSA) is 66.2 Å². The molecule has 1 saturated heterocycles. The minimum absolute atomic E-state index is 0.0384. The van der Waals surface area contributed by atoms with Crippen LogP contribution in [0.25, 0.3) is 0 Å². The van der Waals surface area contributed by atoms with Gasteiger partial charge in [-0.05, 0) is 19.1 Å². The number of Topliss-reactive ketones (excluding diaryl/α,β-unsaturated/α-hetero) is 1. The molecule has 0 N–H and O–H groups in total. The van der Waals surface area contributed by atoms with E-state index in [9.17, 15) is 4.79 Å². The zero-order valence-corrected chi connectivity index (χ0v) is 9.64. The summed E-state index contributed by atoms with van der Waals surface area (Å²) in [6, 6.07) is 5.23. The van der Waals surface area contributed by atoms with E-state index in [0.717, 1.165) is 0 Å². The Hall–Kier alpha value is -1.93. The van der Waals surface area contributed by atoms with Crippen molar-refractivity contribution in [2.45, 2.75) is 6.92 Å². The molecule has 1 aliphatic rings. The molecule has 0 aliphatic carbocycles. The lowest BCUT2D eigenvalue weighted by Gasteiger charge is -2.29. The molecule has 17 heavy (non-hydrogen) atoms. The summed E-state index contributed by atoms with van der Waals surface area (Å²) < 4.78 is 5.26. The molecule has 2 rings (SSSR count). The molecular formula is C12H13N3O2. The average Bonchev–Trinajstić information content (AvgIpc) is 2.39. The van der Waals surface area contributed by atoms with Crippen LogP contribution in [0.5, 0.6) is 0 Å². The molecule has 0 radical (unpaired) electrons. The molecule has 1 aliphatic heterocycles. The van der Waals surface area contributed by atoms with Crippen LogP contribution < -0.4 is 4.90 Å². The lowest BCUT2D eigenvalue weighted by atomic mass is 10.1. The van der Waals surface area contributed by atoms with E-state index in [1.165, 1.54) is 6.92 Å². The fraction of sp³-hybridized carbons (Fsp3) is 0.417. The van der Waals surface area contributed by atoms with Gasteiger partial charge in [-0.15, -0.1) is 0 Å². The van der Waals surface area contributed by atoms with Gasteiger partial charge in [0.25, 0.3) is 0 Å². The first-order valence-electron chi connectivity index (χ1n) is 5.47. The van der Waals surface area contributed by atoms with E-state index < -0.39 is 0 Å². The third kappa shape index (κ3) is 2.43. The Kier molecular flexibility index (Phi) is 3.35. The highest BCUT2D eigenvalue weighted by atomic mass is 16.5. The van der Waals surface area contributed by atoms with E-state index in [1.54, 1.807) is 12.1 Å². The summed E-state index contributed by atoms with van der Waals surface area (Å²) in [5.74, 6) is 0.559. The first-order valence-corrected chi connectivity index (χ1v) is 5.47. The summed E-state index contributed by atoms with van der Waals surface area (Å²) in [6.45, 7) is 4.14. The number of nitriles is 1. The van der Waals surface area contributed by atoms with Gasteiger partial charge >= 0.3 is 0 Å². The van der Waals surface area contributed by atoms with Crippen molar-refractivity contribution in [3.05, 3.63) is 23.4 Å². The summed E-state index contributed by atoms with van der Waals surface area (Å²) in [6.07, 6.45) is 0. The highest BCUT2D eigenvalue weighted by Crippen LogP contribution is 2.20. The second-order valence-electron chi connectivity index (χ2n) is 3.84. The minimum Gasteiger partial charge on any atom is -0.378 e. The monoisotopic (exact) mass is 231 g/mol. The molecular weight excluding hydrogens is 218 g/mol. The number of hydrogen-bond donors (Lipinski definition) is 0. The lowest BCUT2D eigenvalue weighted by Crippen LogP contribution is -2.37. The van der Waals surface area contributed by atoms with Crippen molar-refractivity contribution in [1.29, 1.82) is 5.26 Å². The maximum Gasteiger partial charge on any atom is 0.163 e. The third-order valence-corrected chi connectivity index (χ3v) is 2.68. The van der Waals surface area contributed by atoms with E-state index in [1.807, 2.05) is 11.0 Å². The van der Waals surface area contributed by atoms with E-state index in [0.29, 0.717) is 43.4 Å². The number of morpholine rings is 1. The Morgan fingerprint density at radius 2 is 2.18 bits per heavy atom. The van der Waals surface area contributed by atoms with Crippen LogP contribution in [0.15, 0.2) is 12.1 Å². The van der Waals surface area contributed by atoms with Gasteiger partial charge in [0.05, 0.1) is 18.8 Å². The number of ether oxygens (including phenoxy) is 1. The molecule has 0 unspecified atom stereocenters. The van der Waals surface area contributed by atoms with Crippen LogP contribution in [0, 0.1) is 11.3 Å². The number of hydrogen-bond acceptors (Lipinski definition) is 5. The fourth-order valence-corrected chi connectivity index (χ4v) is 1.80. The van der Waals surface area contributed by atoms with Crippen molar-refractivity contribution in [3.8, 4) is 6.07 Å². The third-order valence-electron chi connectivity index (χ3n) is 2.68. The quantitative estimate of drug-likeness (QED) is 0.710. The maximum atomic E-state index is 11.5. The Bertz CT molecular complexity index is 473. The summed E-state index contributed by atoms with van der Waals surface area (Å²) in [7, 11) is 0. The van der Waals surface area contributed by atoms with E-state index in [4.69, 9.17) is 10.00 Å². The molecule has 5 nitrogen and oxygen atoms in total. The van der Waals surface area contributed by atoms with Crippen LogP contribution in [0.2, 0.25) is 0 Å². The molecule has 1 fully saturated rings. The lowest BCUT2D eigenvalue weighted by molar-refractivity contribution is 0.101. The van der Waals surface area contributed by atoms with Gasteiger partial charge in [0.1, 0.15) is 17.6 Å². The minimum atomic E-state index is -0.0384. The van der Waals surface area contributed by atoms with Crippen LogP contribution >= 0.6 is 0 Å². The normalized spacial score (nSPS) is 15.4. The van der Waals surface area contributed by atoms with E-state index in [-0.39, 0.29) is 5.78 Å². The molecule has 1 aromatic heterocycles. The Morgan fingerprint density at radius 1 is 1.47 bits per heavy atom. The molecule has 0 saturated carbocycles. The molecule has 0 aromatic carbocycles. The second-order valence-corrected chi connectivity index (χ2v) is 3.84. The zero-order valence-electron chi connectivity index (χ0n) is 9.64. The smallest absolute Gasteiger partial charge is 0.163 e. The molecule has 88 valence electrons. The van der Waals surface area contributed by atoms with Crippen LogP contribution in [0.4, 0.5) is 5.82 Å². The number of carbonyl (C=O) groups excluding carboxylic acids is 1. The van der Waals surface area contributed by atoms with Gasteiger partial charge in [-0.1, -0.05) is 0 Å². The van der Waals surface area contributed by atoms with Crippen LogP contribution in [0.3, 0.4) is 0 Å². The SMILES string of the molecule is CC(=O)c1ccc(C#N)nc1N1CCOCC1. The predicted octanol–water partition coefficient (Wildman–Crippen LogP) is 0.992. The first-order chi connectivity index (χ1) is 8.22. The number of rotatable bonds is 2. The standard InChI is InChI=1S/C12H13N3O2/c1-9(16)11-3-2-10(8-13)14-12(11)15-4-6-17-7-5-15/h2-3H,4-7H2,1H3. The Labute approximate surface area is 99.6 Å².